The Balaban J connectivity index is 2.88. The van der Waals surface area contributed by atoms with Gasteiger partial charge < -0.3 is 5.73 Å². The van der Waals surface area contributed by atoms with Gasteiger partial charge in [0.1, 0.15) is 0 Å². The molecule has 6 heteroatoms. The number of hydrogen-bond donors (Lipinski definition) is 1. The number of thiocarbonyl (C=S) groups is 1. The predicted molar refractivity (Wildman–Crippen MR) is 43.3 cm³/mol. The number of nitrogens with two attached hydrogens (primary N) is 1. The van der Waals surface area contributed by atoms with E-state index in [0.29, 0.717) is 6.41 Å². The van der Waals surface area contributed by atoms with Crippen LogP contribution in [0.5, 0.6) is 0 Å². The van der Waals surface area contributed by atoms with Crippen LogP contribution in [0.3, 0.4) is 0 Å². The molecular weight excluding hydrogens is 164 g/mol. The highest BCUT2D eigenvalue weighted by Gasteiger charge is 2.04. The Bertz CT molecular complexity index is 257. The number of aromatic nitrogens is 2. The van der Waals surface area contributed by atoms with Crippen molar-refractivity contribution in [3.8, 4) is 0 Å². The van der Waals surface area contributed by atoms with Crippen LogP contribution in [0.1, 0.15) is 0 Å². The van der Waals surface area contributed by atoms with Crippen LogP contribution in [-0.4, -0.2) is 21.4 Å². The lowest BCUT2D eigenvalue weighted by Gasteiger charge is -2.13. The van der Waals surface area contributed by atoms with Crippen molar-refractivity contribution in [1.82, 2.24) is 9.89 Å². The van der Waals surface area contributed by atoms with Gasteiger partial charge in [0, 0.05) is 6.20 Å². The zero-order valence-electron chi connectivity index (χ0n) is 5.54. The minimum Gasteiger partial charge on any atom is -0.374 e. The van der Waals surface area contributed by atoms with E-state index < -0.39 is 0 Å². The quantitative estimate of drug-likeness (QED) is 0.467. The molecule has 11 heavy (non-hydrogen) atoms. The second-order valence-corrected chi connectivity index (χ2v) is 2.13. The van der Waals surface area contributed by atoms with E-state index in [9.17, 15) is 4.79 Å². The number of carbonyl (C=O) groups excluding carboxylic acids is 1. The molecule has 0 radical (unpaired) electrons. The van der Waals surface area contributed by atoms with Gasteiger partial charge in [-0.1, -0.05) is 0 Å². The van der Waals surface area contributed by atoms with Crippen LogP contribution in [0.4, 0.5) is 0 Å². The molecule has 0 saturated carbocycles. The highest BCUT2D eigenvalue weighted by molar-refractivity contribution is 7.80. The molecule has 1 aromatic heterocycles. The summed E-state index contributed by atoms with van der Waals surface area (Å²) in [6.45, 7) is 0. The van der Waals surface area contributed by atoms with E-state index in [-0.39, 0.29) is 5.11 Å². The standard InChI is InChI=1S/C5H6N4OS/c6-5(11)8(4-10)9-3-1-2-7-9/h1-4H,(H2,6,11). The minimum atomic E-state index is -0.0382. The first-order chi connectivity index (χ1) is 5.25. The largest absolute Gasteiger partial charge is 0.374 e. The lowest BCUT2D eigenvalue weighted by molar-refractivity contribution is -0.107. The smallest absolute Gasteiger partial charge is 0.236 e. The van der Waals surface area contributed by atoms with Crippen molar-refractivity contribution in [2.75, 3.05) is 5.01 Å². The third-order valence-electron chi connectivity index (χ3n) is 1.04. The molecule has 0 aliphatic carbocycles. The predicted octanol–water partition coefficient (Wildman–Crippen LogP) is -0.779. The Morgan fingerprint density at radius 1 is 1.82 bits per heavy atom. The average molecular weight is 170 g/mol. The van der Waals surface area contributed by atoms with Gasteiger partial charge in [0.15, 0.2) is 5.11 Å². The number of amides is 1. The van der Waals surface area contributed by atoms with Crippen LogP contribution in [0.15, 0.2) is 18.5 Å². The van der Waals surface area contributed by atoms with Crippen LogP contribution < -0.4 is 10.7 Å². The van der Waals surface area contributed by atoms with Crippen molar-refractivity contribution in [2.45, 2.75) is 0 Å². The third kappa shape index (κ3) is 1.53. The van der Waals surface area contributed by atoms with Gasteiger partial charge in [-0.2, -0.15) is 14.9 Å². The molecular formula is C5H6N4OS. The molecule has 1 aromatic rings. The molecule has 0 fully saturated rings. The molecule has 2 N–H and O–H groups in total. The zero-order valence-corrected chi connectivity index (χ0v) is 6.36. The molecule has 1 heterocycles. The van der Waals surface area contributed by atoms with E-state index in [1.807, 2.05) is 0 Å². The van der Waals surface area contributed by atoms with Crippen LogP contribution in [0.2, 0.25) is 0 Å². The van der Waals surface area contributed by atoms with Crippen molar-refractivity contribution < 1.29 is 4.79 Å². The first kappa shape index (κ1) is 7.67. The molecule has 0 atom stereocenters. The van der Waals surface area contributed by atoms with Crippen molar-refractivity contribution >= 4 is 23.7 Å². The molecule has 0 aromatic carbocycles. The highest BCUT2D eigenvalue weighted by atomic mass is 32.1. The van der Waals surface area contributed by atoms with Gasteiger partial charge in [0.2, 0.25) is 6.41 Å². The number of nitrogens with zero attached hydrogens (tertiary/aromatic N) is 3. The number of rotatable bonds is 2. The van der Waals surface area contributed by atoms with E-state index in [2.05, 4.69) is 17.3 Å². The average Bonchev–Trinajstić information content (AvgIpc) is 2.40. The zero-order chi connectivity index (χ0) is 8.27. The Morgan fingerprint density at radius 3 is 2.91 bits per heavy atom. The molecule has 0 unspecified atom stereocenters. The van der Waals surface area contributed by atoms with E-state index in [0.717, 1.165) is 5.01 Å². The summed E-state index contributed by atoms with van der Waals surface area (Å²) < 4.78 is 0. The highest BCUT2D eigenvalue weighted by Crippen LogP contribution is 1.85. The molecule has 0 spiro atoms. The first-order valence-electron chi connectivity index (χ1n) is 2.79. The van der Waals surface area contributed by atoms with Crippen LogP contribution >= 0.6 is 12.2 Å². The van der Waals surface area contributed by atoms with Crippen LogP contribution in [-0.2, 0) is 4.79 Å². The van der Waals surface area contributed by atoms with Crippen molar-refractivity contribution in [1.29, 1.82) is 0 Å². The molecule has 58 valence electrons. The van der Waals surface area contributed by atoms with Gasteiger partial charge in [-0.25, -0.2) is 0 Å². The fourth-order valence-corrected chi connectivity index (χ4v) is 0.716. The van der Waals surface area contributed by atoms with Crippen molar-refractivity contribution in [2.24, 2.45) is 5.73 Å². The van der Waals surface area contributed by atoms with Crippen LogP contribution in [0, 0.1) is 0 Å². The summed E-state index contributed by atoms with van der Waals surface area (Å²) in [6.07, 6.45) is 3.58. The molecule has 0 aliphatic rings. The summed E-state index contributed by atoms with van der Waals surface area (Å²) in [5.41, 5.74) is 5.20. The van der Waals surface area contributed by atoms with E-state index in [1.165, 1.54) is 11.0 Å². The molecule has 1 amide bonds. The fraction of sp³-hybridized carbons (Fsp3) is 0. The topological polar surface area (TPSA) is 64.2 Å². The van der Waals surface area contributed by atoms with Gasteiger partial charge in [-0.3, -0.25) is 4.79 Å². The molecule has 5 nitrogen and oxygen atoms in total. The van der Waals surface area contributed by atoms with E-state index in [1.54, 1.807) is 12.3 Å². The minimum absolute atomic E-state index is 0.0382. The lowest BCUT2D eigenvalue weighted by atomic mass is 10.8. The van der Waals surface area contributed by atoms with Crippen LogP contribution in [0.25, 0.3) is 0 Å². The maximum atomic E-state index is 10.3. The summed E-state index contributed by atoms with van der Waals surface area (Å²) in [4.78, 5) is 11.6. The van der Waals surface area contributed by atoms with Crippen molar-refractivity contribution in [3.05, 3.63) is 18.5 Å². The maximum absolute atomic E-state index is 10.3. The summed E-state index contributed by atoms with van der Waals surface area (Å²) in [5, 5.41) is 4.72. The van der Waals surface area contributed by atoms with Gasteiger partial charge in [-0.15, -0.1) is 0 Å². The maximum Gasteiger partial charge on any atom is 0.236 e. The van der Waals surface area contributed by atoms with E-state index >= 15 is 0 Å². The lowest BCUT2D eigenvalue weighted by Crippen LogP contribution is -2.43. The van der Waals surface area contributed by atoms with Gasteiger partial charge in [0.25, 0.3) is 0 Å². The van der Waals surface area contributed by atoms with Gasteiger partial charge >= 0.3 is 0 Å². The van der Waals surface area contributed by atoms with E-state index in [4.69, 9.17) is 5.73 Å². The Morgan fingerprint density at radius 2 is 2.55 bits per heavy atom. The fourth-order valence-electron chi connectivity index (χ4n) is 0.589. The number of hydrogen-bond acceptors (Lipinski definition) is 3. The second-order valence-electron chi connectivity index (χ2n) is 1.71. The Kier molecular flexibility index (Phi) is 2.17. The molecule has 1 rings (SSSR count). The third-order valence-corrected chi connectivity index (χ3v) is 1.22. The first-order valence-corrected chi connectivity index (χ1v) is 3.20. The SMILES string of the molecule is NC(=S)N(C=O)n1cccn1. The molecule has 0 bridgehead atoms. The Hall–Kier alpha value is -1.43. The number of carbonyl (C=O) groups is 1. The summed E-state index contributed by atoms with van der Waals surface area (Å²) in [5.74, 6) is 0. The van der Waals surface area contributed by atoms with Gasteiger partial charge in [-0.05, 0) is 18.3 Å². The molecule has 0 aliphatic heterocycles. The summed E-state index contributed by atoms with van der Waals surface area (Å²) >= 11 is 4.58. The normalized spacial score (nSPS) is 9.09. The Labute approximate surface area is 68.4 Å². The monoisotopic (exact) mass is 170 g/mol. The van der Waals surface area contributed by atoms with Gasteiger partial charge in [0.05, 0.1) is 6.20 Å². The summed E-state index contributed by atoms with van der Waals surface area (Å²) in [6, 6.07) is 1.66. The van der Waals surface area contributed by atoms with Crippen molar-refractivity contribution in [3.63, 3.8) is 0 Å². The molecule has 0 saturated heterocycles. The summed E-state index contributed by atoms with van der Waals surface area (Å²) in [7, 11) is 0. The second kappa shape index (κ2) is 3.11.